The predicted molar refractivity (Wildman–Crippen MR) is 93.8 cm³/mol. The Hall–Kier alpha value is -3.02. The van der Waals surface area contributed by atoms with Gasteiger partial charge in [0.2, 0.25) is 5.91 Å². The van der Waals surface area contributed by atoms with Crippen molar-refractivity contribution in [3.63, 3.8) is 0 Å². The van der Waals surface area contributed by atoms with Crippen LogP contribution in [-0.4, -0.2) is 23.0 Å². The van der Waals surface area contributed by atoms with E-state index in [0.29, 0.717) is 29.3 Å². The summed E-state index contributed by atoms with van der Waals surface area (Å²) in [6.07, 6.45) is 3.58. The van der Waals surface area contributed by atoms with Crippen LogP contribution in [0.25, 0.3) is 0 Å². The number of nitrogens with one attached hydrogen (secondary N) is 2. The first-order valence-electron chi connectivity index (χ1n) is 7.69. The summed E-state index contributed by atoms with van der Waals surface area (Å²) in [5, 5.41) is 6.66. The highest BCUT2D eigenvalue weighted by Gasteiger charge is 2.07. The molecule has 0 saturated carbocycles. The molecule has 6 heteroatoms. The summed E-state index contributed by atoms with van der Waals surface area (Å²) in [7, 11) is 0. The molecule has 0 atom stereocenters. The number of rotatable bonds is 6. The Morgan fingerprint density at radius 2 is 1.92 bits per heavy atom. The number of hydrogen-bond acceptors (Lipinski definition) is 4. The lowest BCUT2D eigenvalue weighted by molar-refractivity contribution is -0.116. The van der Waals surface area contributed by atoms with Crippen molar-refractivity contribution in [1.29, 1.82) is 0 Å². The Balaban J connectivity index is 1.89. The lowest BCUT2D eigenvalue weighted by Crippen LogP contribution is -2.18. The van der Waals surface area contributed by atoms with Crippen molar-refractivity contribution < 1.29 is 9.59 Å². The Bertz CT molecular complexity index is 710. The maximum atomic E-state index is 12.0. The number of benzene rings is 1. The van der Waals surface area contributed by atoms with E-state index in [1.807, 2.05) is 19.9 Å². The molecule has 24 heavy (non-hydrogen) atoms. The first-order chi connectivity index (χ1) is 11.5. The molecular weight excluding hydrogens is 304 g/mol. The summed E-state index contributed by atoms with van der Waals surface area (Å²) in [5.41, 5.74) is 4.21. The van der Waals surface area contributed by atoms with Gasteiger partial charge in [0.25, 0.3) is 5.91 Å². The quantitative estimate of drug-likeness (QED) is 0.633. The van der Waals surface area contributed by atoms with Crippen molar-refractivity contribution in [2.75, 3.05) is 5.32 Å². The van der Waals surface area contributed by atoms with Crippen LogP contribution in [0.2, 0.25) is 0 Å². The molecule has 1 aromatic carbocycles. The average molecular weight is 324 g/mol. The molecule has 0 bridgehead atoms. The zero-order valence-electron chi connectivity index (χ0n) is 13.7. The highest BCUT2D eigenvalue weighted by molar-refractivity contribution is 5.96. The van der Waals surface area contributed by atoms with Crippen LogP contribution in [0, 0.1) is 5.92 Å². The van der Waals surface area contributed by atoms with E-state index in [1.54, 1.807) is 42.6 Å². The third kappa shape index (κ3) is 5.64. The van der Waals surface area contributed by atoms with Crippen LogP contribution in [0.1, 0.15) is 36.3 Å². The minimum atomic E-state index is -0.331. The van der Waals surface area contributed by atoms with Gasteiger partial charge in [0.15, 0.2) is 0 Å². The Labute approximate surface area is 141 Å². The van der Waals surface area contributed by atoms with Gasteiger partial charge in [-0.1, -0.05) is 19.9 Å². The van der Waals surface area contributed by atoms with Crippen molar-refractivity contribution in [2.45, 2.75) is 20.3 Å². The molecule has 0 aliphatic carbocycles. The van der Waals surface area contributed by atoms with Crippen LogP contribution in [-0.2, 0) is 4.79 Å². The Morgan fingerprint density at radius 3 is 2.54 bits per heavy atom. The van der Waals surface area contributed by atoms with E-state index in [0.717, 1.165) is 0 Å². The summed E-state index contributed by atoms with van der Waals surface area (Å²) in [4.78, 5) is 27.8. The molecule has 1 aromatic heterocycles. The molecule has 0 aliphatic heterocycles. The third-order valence-corrected chi connectivity index (χ3v) is 3.08. The second kappa shape index (κ2) is 8.57. The largest absolute Gasteiger partial charge is 0.326 e. The van der Waals surface area contributed by atoms with Gasteiger partial charge in [-0.3, -0.25) is 14.6 Å². The topological polar surface area (TPSA) is 83.5 Å². The summed E-state index contributed by atoms with van der Waals surface area (Å²) < 4.78 is 0. The van der Waals surface area contributed by atoms with Crippen LogP contribution < -0.4 is 10.7 Å². The maximum Gasteiger partial charge on any atom is 0.271 e. The molecule has 0 fully saturated rings. The average Bonchev–Trinajstić information content (AvgIpc) is 2.55. The number of pyridine rings is 1. The number of nitrogens with zero attached hydrogens (tertiary/aromatic N) is 2. The van der Waals surface area contributed by atoms with Gasteiger partial charge < -0.3 is 5.32 Å². The first kappa shape index (κ1) is 17.3. The van der Waals surface area contributed by atoms with Crippen LogP contribution in [0.3, 0.4) is 0 Å². The summed E-state index contributed by atoms with van der Waals surface area (Å²) in [6.45, 7) is 3.97. The molecule has 0 unspecified atom stereocenters. The SMILES string of the molecule is CC(C)CC(=O)Nc1ccc(C(=O)N/N=C/c2ccccn2)cc1. The van der Waals surface area contributed by atoms with Crippen molar-refractivity contribution in [3.8, 4) is 0 Å². The van der Waals surface area contributed by atoms with E-state index in [4.69, 9.17) is 0 Å². The summed E-state index contributed by atoms with van der Waals surface area (Å²) in [5.74, 6) is -0.0728. The standard InChI is InChI=1S/C18H20N4O2/c1-13(2)11-17(23)21-15-8-6-14(7-9-15)18(24)22-20-12-16-5-3-4-10-19-16/h3-10,12-13H,11H2,1-2H3,(H,21,23)(H,22,24)/b20-12+. The van der Waals surface area contributed by atoms with E-state index in [9.17, 15) is 9.59 Å². The highest BCUT2D eigenvalue weighted by atomic mass is 16.2. The summed E-state index contributed by atoms with van der Waals surface area (Å²) >= 11 is 0. The van der Waals surface area contributed by atoms with Crippen LogP contribution in [0.4, 0.5) is 5.69 Å². The second-order valence-corrected chi connectivity index (χ2v) is 5.68. The monoisotopic (exact) mass is 324 g/mol. The molecule has 2 aromatic rings. The lowest BCUT2D eigenvalue weighted by atomic mass is 10.1. The molecule has 2 rings (SSSR count). The van der Waals surface area contributed by atoms with E-state index < -0.39 is 0 Å². The maximum absolute atomic E-state index is 12.0. The van der Waals surface area contributed by atoms with Gasteiger partial charge >= 0.3 is 0 Å². The number of aromatic nitrogens is 1. The summed E-state index contributed by atoms with van der Waals surface area (Å²) in [6, 6.07) is 12.1. The fourth-order valence-electron chi connectivity index (χ4n) is 1.96. The number of amides is 2. The Kier molecular flexibility index (Phi) is 6.19. The van der Waals surface area contributed by atoms with E-state index in [-0.39, 0.29) is 11.8 Å². The number of hydrogen-bond donors (Lipinski definition) is 2. The van der Waals surface area contributed by atoms with Crippen molar-refractivity contribution >= 4 is 23.7 Å². The zero-order valence-corrected chi connectivity index (χ0v) is 13.7. The van der Waals surface area contributed by atoms with Gasteiger partial charge in [-0.05, 0) is 42.3 Å². The molecule has 0 radical (unpaired) electrons. The molecule has 0 spiro atoms. The zero-order chi connectivity index (χ0) is 17.4. The number of carbonyl (C=O) groups is 2. The predicted octanol–water partition coefficient (Wildman–Crippen LogP) is 2.83. The number of carbonyl (C=O) groups excluding carboxylic acids is 2. The minimum absolute atomic E-state index is 0.0397. The van der Waals surface area contributed by atoms with Crippen LogP contribution >= 0.6 is 0 Å². The van der Waals surface area contributed by atoms with Gasteiger partial charge in [-0.25, -0.2) is 5.43 Å². The fraction of sp³-hybridized carbons (Fsp3) is 0.222. The van der Waals surface area contributed by atoms with Gasteiger partial charge in [-0.15, -0.1) is 0 Å². The van der Waals surface area contributed by atoms with E-state index in [2.05, 4.69) is 20.8 Å². The second-order valence-electron chi connectivity index (χ2n) is 5.68. The van der Waals surface area contributed by atoms with E-state index >= 15 is 0 Å². The molecule has 2 amide bonds. The molecule has 0 aliphatic rings. The molecule has 1 heterocycles. The van der Waals surface area contributed by atoms with Crippen molar-refractivity contribution in [3.05, 3.63) is 59.9 Å². The van der Waals surface area contributed by atoms with Crippen LogP contribution in [0.5, 0.6) is 0 Å². The Morgan fingerprint density at radius 1 is 1.17 bits per heavy atom. The molecule has 2 N–H and O–H groups in total. The van der Waals surface area contributed by atoms with Gasteiger partial charge in [-0.2, -0.15) is 5.10 Å². The van der Waals surface area contributed by atoms with Gasteiger partial charge in [0.1, 0.15) is 0 Å². The fourth-order valence-corrected chi connectivity index (χ4v) is 1.96. The molecule has 0 saturated heterocycles. The third-order valence-electron chi connectivity index (χ3n) is 3.08. The lowest BCUT2D eigenvalue weighted by Gasteiger charge is -2.07. The highest BCUT2D eigenvalue weighted by Crippen LogP contribution is 2.11. The first-order valence-corrected chi connectivity index (χ1v) is 7.69. The molecule has 6 nitrogen and oxygen atoms in total. The molecule has 124 valence electrons. The normalized spacial score (nSPS) is 10.8. The van der Waals surface area contributed by atoms with E-state index in [1.165, 1.54) is 6.21 Å². The van der Waals surface area contributed by atoms with Gasteiger partial charge in [0, 0.05) is 23.9 Å². The minimum Gasteiger partial charge on any atom is -0.326 e. The van der Waals surface area contributed by atoms with Gasteiger partial charge in [0.05, 0.1) is 11.9 Å². The number of anilines is 1. The smallest absolute Gasteiger partial charge is 0.271 e. The number of hydrazone groups is 1. The van der Waals surface area contributed by atoms with Crippen molar-refractivity contribution in [1.82, 2.24) is 10.4 Å². The van der Waals surface area contributed by atoms with Crippen LogP contribution in [0.15, 0.2) is 53.8 Å². The molecular formula is C18H20N4O2. The van der Waals surface area contributed by atoms with Crippen molar-refractivity contribution in [2.24, 2.45) is 11.0 Å².